The quantitative estimate of drug-likeness (QED) is 0.803. The normalized spacial score (nSPS) is 31.9. The molecule has 0 amide bonds. The molecule has 0 aliphatic carbocycles. The minimum absolute atomic E-state index is 0.0745. The Morgan fingerprint density at radius 3 is 2.35 bits per heavy atom. The number of aryl methyl sites for hydroxylation is 2. The molecule has 0 saturated carbocycles. The highest BCUT2D eigenvalue weighted by molar-refractivity contribution is 5.57. The lowest BCUT2D eigenvalue weighted by molar-refractivity contribution is 0.126. The van der Waals surface area contributed by atoms with Crippen LogP contribution >= 0.6 is 0 Å². The van der Waals surface area contributed by atoms with E-state index in [1.165, 1.54) is 29.7 Å². The molecule has 2 nitrogen and oxygen atoms in total. The second kappa shape index (κ2) is 4.02. The zero-order valence-corrected chi connectivity index (χ0v) is 10.7. The number of benzene rings is 1. The fourth-order valence-corrected chi connectivity index (χ4v) is 3.64. The van der Waals surface area contributed by atoms with Gasteiger partial charge in [0, 0.05) is 17.8 Å². The molecule has 1 aromatic carbocycles. The third kappa shape index (κ3) is 1.85. The SMILES string of the molecule is Cc1ccc(N2C3CCC2CC(O)C3)c(C)c1. The van der Waals surface area contributed by atoms with Crippen LogP contribution in [-0.2, 0) is 0 Å². The molecule has 1 aromatic rings. The summed E-state index contributed by atoms with van der Waals surface area (Å²) in [6, 6.07) is 7.84. The first kappa shape index (κ1) is 11.1. The number of hydrogen-bond donors (Lipinski definition) is 1. The van der Waals surface area contributed by atoms with E-state index in [1.54, 1.807) is 0 Å². The average molecular weight is 231 g/mol. The van der Waals surface area contributed by atoms with Crippen LogP contribution in [0.2, 0.25) is 0 Å². The van der Waals surface area contributed by atoms with Crippen molar-refractivity contribution in [1.29, 1.82) is 0 Å². The largest absolute Gasteiger partial charge is 0.393 e. The van der Waals surface area contributed by atoms with Crippen molar-refractivity contribution in [2.75, 3.05) is 4.90 Å². The number of fused-ring (bicyclic) bond motifs is 2. The monoisotopic (exact) mass is 231 g/mol. The van der Waals surface area contributed by atoms with Gasteiger partial charge < -0.3 is 10.0 Å². The molecular formula is C15H21NO. The summed E-state index contributed by atoms with van der Waals surface area (Å²) >= 11 is 0. The first-order valence-corrected chi connectivity index (χ1v) is 6.69. The number of piperidine rings is 1. The summed E-state index contributed by atoms with van der Waals surface area (Å²) in [5.74, 6) is 0. The van der Waals surface area contributed by atoms with Gasteiger partial charge in [-0.05, 0) is 51.2 Å². The molecule has 17 heavy (non-hydrogen) atoms. The van der Waals surface area contributed by atoms with Crippen molar-refractivity contribution in [2.45, 2.75) is 57.7 Å². The van der Waals surface area contributed by atoms with Crippen LogP contribution in [0.4, 0.5) is 5.69 Å². The van der Waals surface area contributed by atoms with Crippen LogP contribution in [-0.4, -0.2) is 23.3 Å². The summed E-state index contributed by atoms with van der Waals surface area (Å²) in [7, 11) is 0. The molecule has 2 aliphatic rings. The summed E-state index contributed by atoms with van der Waals surface area (Å²) in [4.78, 5) is 2.57. The van der Waals surface area contributed by atoms with E-state index in [0.29, 0.717) is 12.1 Å². The standard InChI is InChI=1S/C15H21NO/c1-10-3-6-15(11(2)7-10)16-12-4-5-13(16)9-14(17)8-12/h3,6-7,12-14,17H,4-5,8-9H2,1-2H3. The minimum Gasteiger partial charge on any atom is -0.393 e. The first-order chi connectivity index (χ1) is 8.15. The Balaban J connectivity index is 1.94. The van der Waals surface area contributed by atoms with Gasteiger partial charge in [0.25, 0.3) is 0 Å². The molecule has 1 N–H and O–H groups in total. The molecule has 3 rings (SSSR count). The van der Waals surface area contributed by atoms with Crippen molar-refractivity contribution in [3.8, 4) is 0 Å². The molecule has 2 bridgehead atoms. The first-order valence-electron chi connectivity index (χ1n) is 6.69. The van der Waals surface area contributed by atoms with Gasteiger partial charge in [0.05, 0.1) is 6.10 Å². The molecule has 2 atom stereocenters. The highest BCUT2D eigenvalue weighted by Crippen LogP contribution is 2.40. The maximum absolute atomic E-state index is 9.84. The summed E-state index contributed by atoms with van der Waals surface area (Å²) in [5.41, 5.74) is 4.09. The van der Waals surface area contributed by atoms with E-state index in [1.807, 2.05) is 0 Å². The van der Waals surface area contributed by atoms with Crippen molar-refractivity contribution in [3.05, 3.63) is 29.3 Å². The van der Waals surface area contributed by atoms with Crippen molar-refractivity contribution in [3.63, 3.8) is 0 Å². The van der Waals surface area contributed by atoms with Gasteiger partial charge in [-0.2, -0.15) is 0 Å². The number of rotatable bonds is 1. The second-order valence-corrected chi connectivity index (χ2v) is 5.71. The van der Waals surface area contributed by atoms with Crippen LogP contribution in [0, 0.1) is 13.8 Å². The van der Waals surface area contributed by atoms with Gasteiger partial charge in [0.15, 0.2) is 0 Å². The van der Waals surface area contributed by atoms with Gasteiger partial charge in [-0.25, -0.2) is 0 Å². The summed E-state index contributed by atoms with van der Waals surface area (Å²) in [5, 5.41) is 9.84. The number of nitrogens with zero attached hydrogens (tertiary/aromatic N) is 1. The molecule has 2 aliphatic heterocycles. The predicted molar refractivity (Wildman–Crippen MR) is 70.4 cm³/mol. The summed E-state index contributed by atoms with van der Waals surface area (Å²) < 4.78 is 0. The van der Waals surface area contributed by atoms with E-state index in [9.17, 15) is 5.11 Å². The lowest BCUT2D eigenvalue weighted by atomic mass is 9.97. The Kier molecular flexibility index (Phi) is 2.62. The highest BCUT2D eigenvalue weighted by Gasteiger charge is 2.40. The molecule has 2 heteroatoms. The van der Waals surface area contributed by atoms with Gasteiger partial charge in [-0.3, -0.25) is 0 Å². The summed E-state index contributed by atoms with van der Waals surface area (Å²) in [6.07, 6.45) is 4.31. The fourth-order valence-electron chi connectivity index (χ4n) is 3.64. The van der Waals surface area contributed by atoms with Crippen LogP contribution < -0.4 is 4.90 Å². The number of aliphatic hydroxyl groups is 1. The lowest BCUT2D eigenvalue weighted by Gasteiger charge is -2.39. The van der Waals surface area contributed by atoms with Crippen LogP contribution in [0.25, 0.3) is 0 Å². The zero-order valence-electron chi connectivity index (χ0n) is 10.7. The van der Waals surface area contributed by atoms with Gasteiger partial charge in [-0.1, -0.05) is 17.7 Å². The van der Waals surface area contributed by atoms with Gasteiger partial charge in [0.2, 0.25) is 0 Å². The Bertz CT molecular complexity index is 415. The number of anilines is 1. The van der Waals surface area contributed by atoms with Crippen LogP contribution in [0.5, 0.6) is 0 Å². The van der Waals surface area contributed by atoms with E-state index in [4.69, 9.17) is 0 Å². The van der Waals surface area contributed by atoms with Crippen molar-refractivity contribution in [2.24, 2.45) is 0 Å². The molecule has 2 heterocycles. The van der Waals surface area contributed by atoms with Gasteiger partial charge >= 0.3 is 0 Å². The topological polar surface area (TPSA) is 23.5 Å². The Morgan fingerprint density at radius 1 is 1.12 bits per heavy atom. The van der Waals surface area contributed by atoms with Crippen LogP contribution in [0.3, 0.4) is 0 Å². The molecule has 0 radical (unpaired) electrons. The number of hydrogen-bond acceptors (Lipinski definition) is 2. The van der Waals surface area contributed by atoms with E-state index in [-0.39, 0.29) is 6.10 Å². The molecule has 2 saturated heterocycles. The lowest BCUT2D eigenvalue weighted by Crippen LogP contribution is -2.45. The molecular weight excluding hydrogens is 210 g/mol. The minimum atomic E-state index is -0.0745. The molecule has 92 valence electrons. The molecule has 0 spiro atoms. The number of aliphatic hydroxyl groups excluding tert-OH is 1. The predicted octanol–water partition coefficient (Wildman–Crippen LogP) is 2.80. The average Bonchev–Trinajstić information content (AvgIpc) is 2.53. The third-order valence-electron chi connectivity index (χ3n) is 4.34. The van der Waals surface area contributed by atoms with E-state index >= 15 is 0 Å². The second-order valence-electron chi connectivity index (χ2n) is 5.71. The molecule has 2 unspecified atom stereocenters. The summed E-state index contributed by atoms with van der Waals surface area (Å²) in [6.45, 7) is 4.35. The molecule has 2 fully saturated rings. The third-order valence-corrected chi connectivity index (χ3v) is 4.34. The Hall–Kier alpha value is -1.02. The maximum Gasteiger partial charge on any atom is 0.0579 e. The van der Waals surface area contributed by atoms with E-state index < -0.39 is 0 Å². The van der Waals surface area contributed by atoms with Crippen molar-refractivity contribution < 1.29 is 5.11 Å². The smallest absolute Gasteiger partial charge is 0.0579 e. The van der Waals surface area contributed by atoms with Crippen molar-refractivity contribution in [1.82, 2.24) is 0 Å². The zero-order chi connectivity index (χ0) is 12.0. The van der Waals surface area contributed by atoms with E-state index in [0.717, 1.165) is 12.8 Å². The van der Waals surface area contributed by atoms with Crippen molar-refractivity contribution >= 4 is 5.69 Å². The van der Waals surface area contributed by atoms with E-state index in [2.05, 4.69) is 36.9 Å². The van der Waals surface area contributed by atoms with Crippen LogP contribution in [0.15, 0.2) is 18.2 Å². The van der Waals surface area contributed by atoms with Gasteiger partial charge in [-0.15, -0.1) is 0 Å². The maximum atomic E-state index is 9.84. The molecule has 0 aromatic heterocycles. The Morgan fingerprint density at radius 2 is 1.76 bits per heavy atom. The fraction of sp³-hybridized carbons (Fsp3) is 0.600. The van der Waals surface area contributed by atoms with Gasteiger partial charge in [0.1, 0.15) is 0 Å². The Labute approximate surface area is 103 Å². The van der Waals surface area contributed by atoms with Crippen LogP contribution in [0.1, 0.15) is 36.8 Å². The highest BCUT2D eigenvalue weighted by atomic mass is 16.3.